The Labute approximate surface area is 146 Å². The van der Waals surface area contributed by atoms with Gasteiger partial charge < -0.3 is 15.3 Å². The van der Waals surface area contributed by atoms with Crippen molar-refractivity contribution in [2.75, 3.05) is 6.54 Å². The van der Waals surface area contributed by atoms with Gasteiger partial charge in [0.15, 0.2) is 0 Å². The molecule has 4 rings (SSSR count). The first-order valence-electron chi connectivity index (χ1n) is 8.60. The van der Waals surface area contributed by atoms with E-state index in [4.69, 9.17) is 0 Å². The number of carbonyl (C=O) groups excluding carboxylic acids is 1. The van der Waals surface area contributed by atoms with Crippen LogP contribution in [0.5, 0.6) is 0 Å². The van der Waals surface area contributed by atoms with Crippen molar-refractivity contribution in [3.8, 4) is 0 Å². The molecule has 0 bridgehead atoms. The summed E-state index contributed by atoms with van der Waals surface area (Å²) in [7, 11) is 0. The predicted octanol–water partition coefficient (Wildman–Crippen LogP) is 3.86. The van der Waals surface area contributed by atoms with Crippen molar-refractivity contribution in [1.29, 1.82) is 0 Å². The van der Waals surface area contributed by atoms with Gasteiger partial charge in [-0.2, -0.15) is 0 Å². The summed E-state index contributed by atoms with van der Waals surface area (Å²) in [6, 6.07) is 16.4. The second-order valence-corrected chi connectivity index (χ2v) is 6.41. The number of H-pyrrole nitrogens is 2. The van der Waals surface area contributed by atoms with Gasteiger partial charge >= 0.3 is 0 Å². The van der Waals surface area contributed by atoms with Crippen LogP contribution in [0.25, 0.3) is 21.8 Å². The standard InChI is InChI=1S/C21H21N3O/c1-14-16(18-7-3-5-9-20(18)24-14)10-11-22-21(25)12-15-13-23-19-8-4-2-6-17(15)19/h2-9,13,23-24H,10-12H2,1H3,(H,22,25). The van der Waals surface area contributed by atoms with Crippen LogP contribution in [0.1, 0.15) is 16.8 Å². The largest absolute Gasteiger partial charge is 0.361 e. The van der Waals surface area contributed by atoms with Crippen LogP contribution in [0.4, 0.5) is 0 Å². The average molecular weight is 331 g/mol. The minimum absolute atomic E-state index is 0.0576. The Balaban J connectivity index is 1.40. The molecule has 0 aliphatic rings. The Morgan fingerprint density at radius 2 is 1.72 bits per heavy atom. The van der Waals surface area contributed by atoms with Crippen LogP contribution in [-0.2, 0) is 17.6 Å². The molecule has 0 saturated carbocycles. The number of aromatic amines is 2. The van der Waals surface area contributed by atoms with Crippen molar-refractivity contribution in [2.45, 2.75) is 19.8 Å². The lowest BCUT2D eigenvalue weighted by Gasteiger charge is -2.06. The summed E-state index contributed by atoms with van der Waals surface area (Å²) in [4.78, 5) is 18.9. The number of hydrogen-bond donors (Lipinski definition) is 3. The molecule has 0 saturated heterocycles. The maximum atomic E-state index is 12.3. The first kappa shape index (κ1) is 15.5. The molecule has 0 atom stereocenters. The van der Waals surface area contributed by atoms with E-state index < -0.39 is 0 Å². The second-order valence-electron chi connectivity index (χ2n) is 6.41. The van der Waals surface area contributed by atoms with Crippen molar-refractivity contribution in [2.24, 2.45) is 0 Å². The molecule has 0 fully saturated rings. The van der Waals surface area contributed by atoms with Crippen LogP contribution >= 0.6 is 0 Å². The molecule has 25 heavy (non-hydrogen) atoms. The first-order valence-corrected chi connectivity index (χ1v) is 8.60. The number of fused-ring (bicyclic) bond motifs is 2. The molecule has 2 aromatic carbocycles. The van der Waals surface area contributed by atoms with Gasteiger partial charge in [0, 0.05) is 40.2 Å². The van der Waals surface area contributed by atoms with Gasteiger partial charge in [-0.1, -0.05) is 36.4 Å². The van der Waals surface area contributed by atoms with E-state index in [0.29, 0.717) is 13.0 Å². The third kappa shape index (κ3) is 3.03. The summed E-state index contributed by atoms with van der Waals surface area (Å²) in [6.45, 7) is 2.73. The minimum Gasteiger partial charge on any atom is -0.361 e. The topological polar surface area (TPSA) is 60.7 Å². The number of aryl methyl sites for hydroxylation is 1. The fourth-order valence-corrected chi connectivity index (χ4v) is 3.50. The van der Waals surface area contributed by atoms with Gasteiger partial charge in [-0.25, -0.2) is 0 Å². The van der Waals surface area contributed by atoms with Crippen molar-refractivity contribution < 1.29 is 4.79 Å². The third-order valence-electron chi connectivity index (χ3n) is 4.75. The highest BCUT2D eigenvalue weighted by molar-refractivity contribution is 5.89. The Morgan fingerprint density at radius 1 is 1.00 bits per heavy atom. The fraction of sp³-hybridized carbons (Fsp3) is 0.190. The summed E-state index contributed by atoms with van der Waals surface area (Å²) in [5.74, 6) is 0.0576. The molecule has 0 unspecified atom stereocenters. The Hall–Kier alpha value is -3.01. The van der Waals surface area contributed by atoms with E-state index in [9.17, 15) is 4.79 Å². The molecule has 4 nitrogen and oxygen atoms in total. The highest BCUT2D eigenvalue weighted by atomic mass is 16.1. The molecule has 4 aromatic rings. The van der Waals surface area contributed by atoms with Gasteiger partial charge in [0.2, 0.25) is 5.91 Å². The summed E-state index contributed by atoms with van der Waals surface area (Å²) < 4.78 is 0. The molecule has 0 spiro atoms. The van der Waals surface area contributed by atoms with E-state index in [0.717, 1.165) is 28.4 Å². The number of benzene rings is 2. The minimum atomic E-state index is 0.0576. The number of rotatable bonds is 5. The zero-order chi connectivity index (χ0) is 17.2. The Kier molecular flexibility index (Phi) is 4.02. The fourth-order valence-electron chi connectivity index (χ4n) is 3.50. The van der Waals surface area contributed by atoms with E-state index in [1.54, 1.807) is 0 Å². The molecular weight excluding hydrogens is 310 g/mol. The number of hydrogen-bond acceptors (Lipinski definition) is 1. The van der Waals surface area contributed by atoms with Crippen molar-refractivity contribution in [3.63, 3.8) is 0 Å². The molecule has 0 aliphatic carbocycles. The zero-order valence-electron chi connectivity index (χ0n) is 14.2. The average Bonchev–Trinajstić information content (AvgIpc) is 3.16. The molecule has 2 aromatic heterocycles. The monoisotopic (exact) mass is 331 g/mol. The smallest absolute Gasteiger partial charge is 0.224 e. The molecular formula is C21H21N3O. The van der Waals surface area contributed by atoms with Gasteiger partial charge in [0.25, 0.3) is 0 Å². The lowest BCUT2D eigenvalue weighted by Crippen LogP contribution is -2.27. The van der Waals surface area contributed by atoms with Gasteiger partial charge in [0.1, 0.15) is 0 Å². The summed E-state index contributed by atoms with van der Waals surface area (Å²) >= 11 is 0. The van der Waals surface area contributed by atoms with Gasteiger partial charge in [-0.15, -0.1) is 0 Å². The van der Waals surface area contributed by atoms with E-state index >= 15 is 0 Å². The van der Waals surface area contributed by atoms with Crippen LogP contribution in [0.2, 0.25) is 0 Å². The molecule has 1 amide bonds. The molecule has 126 valence electrons. The first-order chi connectivity index (χ1) is 12.2. The van der Waals surface area contributed by atoms with Gasteiger partial charge in [-0.05, 0) is 36.6 Å². The molecule has 3 N–H and O–H groups in total. The zero-order valence-corrected chi connectivity index (χ0v) is 14.2. The number of para-hydroxylation sites is 2. The van der Waals surface area contributed by atoms with Crippen LogP contribution in [0.3, 0.4) is 0 Å². The second kappa shape index (κ2) is 6.48. The molecule has 0 aliphatic heterocycles. The quantitative estimate of drug-likeness (QED) is 0.511. The molecule has 0 radical (unpaired) electrons. The van der Waals surface area contributed by atoms with Crippen molar-refractivity contribution >= 4 is 27.7 Å². The summed E-state index contributed by atoms with van der Waals surface area (Å²) in [5, 5.41) is 5.41. The van der Waals surface area contributed by atoms with Crippen LogP contribution in [-0.4, -0.2) is 22.4 Å². The SMILES string of the molecule is Cc1[nH]c2ccccc2c1CCNC(=O)Cc1c[nH]c2ccccc12. The van der Waals surface area contributed by atoms with Gasteiger partial charge in [0.05, 0.1) is 6.42 Å². The molecule has 2 heterocycles. The van der Waals surface area contributed by atoms with Crippen molar-refractivity contribution in [3.05, 3.63) is 71.5 Å². The van der Waals surface area contributed by atoms with E-state index in [1.807, 2.05) is 36.5 Å². The number of amides is 1. The maximum Gasteiger partial charge on any atom is 0.224 e. The summed E-state index contributed by atoms with van der Waals surface area (Å²) in [5.41, 5.74) is 5.71. The van der Waals surface area contributed by atoms with E-state index in [2.05, 4.69) is 40.4 Å². The Bertz CT molecular complexity index is 1040. The highest BCUT2D eigenvalue weighted by Crippen LogP contribution is 2.22. The van der Waals surface area contributed by atoms with E-state index in [1.165, 1.54) is 16.6 Å². The summed E-state index contributed by atoms with van der Waals surface area (Å²) in [6.07, 6.45) is 3.15. The highest BCUT2D eigenvalue weighted by Gasteiger charge is 2.10. The molecule has 4 heteroatoms. The third-order valence-corrected chi connectivity index (χ3v) is 4.75. The van der Waals surface area contributed by atoms with Crippen LogP contribution in [0, 0.1) is 6.92 Å². The van der Waals surface area contributed by atoms with Crippen LogP contribution < -0.4 is 5.32 Å². The van der Waals surface area contributed by atoms with Gasteiger partial charge in [-0.3, -0.25) is 4.79 Å². The van der Waals surface area contributed by atoms with Crippen molar-refractivity contribution in [1.82, 2.24) is 15.3 Å². The lowest BCUT2D eigenvalue weighted by molar-refractivity contribution is -0.120. The maximum absolute atomic E-state index is 12.3. The predicted molar refractivity (Wildman–Crippen MR) is 102 cm³/mol. The number of nitrogens with one attached hydrogen (secondary N) is 3. The van der Waals surface area contributed by atoms with E-state index in [-0.39, 0.29) is 5.91 Å². The lowest BCUT2D eigenvalue weighted by atomic mass is 10.1. The number of carbonyl (C=O) groups is 1. The van der Waals surface area contributed by atoms with Crippen LogP contribution in [0.15, 0.2) is 54.7 Å². The normalized spacial score (nSPS) is 11.2. The number of aromatic nitrogens is 2. The Morgan fingerprint density at radius 3 is 2.56 bits per heavy atom.